The lowest BCUT2D eigenvalue weighted by atomic mass is 9.70. The number of aryl methyl sites for hydroxylation is 1. The second-order valence-corrected chi connectivity index (χ2v) is 14.4. The first kappa shape index (κ1) is 28.1. The van der Waals surface area contributed by atoms with Crippen LogP contribution in [-0.4, -0.2) is 0 Å². The normalized spacial score (nSPS) is 13.6. The molecule has 0 radical (unpaired) electrons. The summed E-state index contributed by atoms with van der Waals surface area (Å²) < 4.78 is 12.8. The summed E-state index contributed by atoms with van der Waals surface area (Å²) in [5, 5.41) is 4.56. The predicted octanol–water partition coefficient (Wildman–Crippen LogP) is 13.5. The lowest BCUT2D eigenvalue weighted by molar-refractivity contribution is 0.668. The number of furan rings is 2. The molecule has 2 nitrogen and oxygen atoms in total. The third kappa shape index (κ3) is 3.44. The first-order valence-corrected chi connectivity index (χ1v) is 18.0. The van der Waals surface area contributed by atoms with Crippen LogP contribution in [0.3, 0.4) is 0 Å². The van der Waals surface area contributed by atoms with E-state index in [4.69, 9.17) is 8.83 Å². The number of hydrogen-bond acceptors (Lipinski definition) is 2. The number of rotatable bonds is 2. The molecule has 2 aromatic heterocycles. The summed E-state index contributed by atoms with van der Waals surface area (Å²) >= 11 is 0. The molecule has 0 N–H and O–H groups in total. The van der Waals surface area contributed by atoms with Gasteiger partial charge in [-0.25, -0.2) is 0 Å². The molecular weight excluding hydrogens is 633 g/mol. The Morgan fingerprint density at radius 1 is 0.365 bits per heavy atom. The van der Waals surface area contributed by atoms with Crippen molar-refractivity contribution in [1.29, 1.82) is 0 Å². The molecule has 0 aliphatic heterocycles. The van der Waals surface area contributed by atoms with Gasteiger partial charge in [-0.05, 0) is 116 Å². The van der Waals surface area contributed by atoms with Gasteiger partial charge in [-0.15, -0.1) is 0 Å². The topological polar surface area (TPSA) is 26.3 Å². The maximum absolute atomic E-state index is 6.55. The Hall–Kier alpha value is -6.64. The average molecular weight is 663 g/mol. The van der Waals surface area contributed by atoms with Gasteiger partial charge in [0.25, 0.3) is 0 Å². The largest absolute Gasteiger partial charge is 0.456 e. The van der Waals surface area contributed by atoms with Crippen LogP contribution in [0.5, 0.6) is 0 Å². The third-order valence-electron chi connectivity index (χ3n) is 11.8. The molecule has 0 saturated heterocycles. The highest BCUT2D eigenvalue weighted by molar-refractivity contribution is 6.15. The summed E-state index contributed by atoms with van der Waals surface area (Å²) in [6, 6.07) is 59.9. The van der Waals surface area contributed by atoms with Crippen molar-refractivity contribution < 1.29 is 8.83 Å². The minimum absolute atomic E-state index is 0.372. The molecule has 8 aromatic carbocycles. The van der Waals surface area contributed by atoms with E-state index in [1.54, 1.807) is 0 Å². The van der Waals surface area contributed by atoms with Crippen LogP contribution in [0.2, 0.25) is 0 Å². The molecule has 2 aliphatic carbocycles. The van der Waals surface area contributed by atoms with Crippen LogP contribution in [0.25, 0.3) is 88.4 Å². The second kappa shape index (κ2) is 9.99. The van der Waals surface area contributed by atoms with Crippen molar-refractivity contribution in [2.45, 2.75) is 12.3 Å². The van der Waals surface area contributed by atoms with E-state index < -0.39 is 0 Å². The van der Waals surface area contributed by atoms with Crippen LogP contribution in [0.15, 0.2) is 173 Å². The summed E-state index contributed by atoms with van der Waals surface area (Å²) in [7, 11) is 0. The molecule has 10 aromatic rings. The van der Waals surface area contributed by atoms with Gasteiger partial charge >= 0.3 is 0 Å². The van der Waals surface area contributed by atoms with Gasteiger partial charge in [-0.2, -0.15) is 0 Å². The van der Waals surface area contributed by atoms with Crippen LogP contribution in [-0.2, 0) is 5.41 Å². The van der Waals surface area contributed by atoms with E-state index in [1.165, 1.54) is 66.6 Å². The van der Waals surface area contributed by atoms with E-state index in [-0.39, 0.29) is 5.41 Å². The molecule has 0 amide bonds. The Morgan fingerprint density at radius 2 is 0.846 bits per heavy atom. The molecule has 0 fully saturated rings. The number of benzene rings is 8. The van der Waals surface area contributed by atoms with Crippen LogP contribution < -0.4 is 0 Å². The fourth-order valence-electron chi connectivity index (χ4n) is 9.79. The monoisotopic (exact) mass is 662 g/mol. The van der Waals surface area contributed by atoms with Gasteiger partial charge in [0, 0.05) is 21.5 Å². The summed E-state index contributed by atoms with van der Waals surface area (Å²) in [4.78, 5) is 0. The SMILES string of the molecule is Cc1cccc2oc3ccc(-c4cccc5oc6ccc(-c7cccc8c7-c7ccccc7C87c8ccccc8-c8ccccc87)cc6c45)cc3c12. The van der Waals surface area contributed by atoms with Gasteiger partial charge < -0.3 is 8.83 Å². The van der Waals surface area contributed by atoms with Crippen molar-refractivity contribution in [3.8, 4) is 44.5 Å². The first-order valence-electron chi connectivity index (χ1n) is 18.0. The molecule has 2 aliphatic rings. The van der Waals surface area contributed by atoms with Crippen molar-refractivity contribution in [3.63, 3.8) is 0 Å². The van der Waals surface area contributed by atoms with Gasteiger partial charge in [0.05, 0.1) is 5.41 Å². The van der Waals surface area contributed by atoms with E-state index in [2.05, 4.69) is 171 Å². The van der Waals surface area contributed by atoms with Crippen molar-refractivity contribution in [2.75, 3.05) is 0 Å². The summed E-state index contributed by atoms with van der Waals surface area (Å²) in [5.41, 5.74) is 19.8. The Morgan fingerprint density at radius 3 is 1.54 bits per heavy atom. The van der Waals surface area contributed by atoms with E-state index in [1.807, 2.05) is 0 Å². The third-order valence-corrected chi connectivity index (χ3v) is 11.8. The van der Waals surface area contributed by atoms with Crippen LogP contribution in [0.4, 0.5) is 0 Å². The molecular formula is C50H30O2. The highest BCUT2D eigenvalue weighted by Gasteiger charge is 2.51. The lowest BCUT2D eigenvalue weighted by Gasteiger charge is -2.30. The second-order valence-electron chi connectivity index (χ2n) is 14.4. The van der Waals surface area contributed by atoms with E-state index in [9.17, 15) is 0 Å². The molecule has 0 unspecified atom stereocenters. The Balaban J connectivity index is 1.10. The molecule has 0 saturated carbocycles. The molecule has 12 rings (SSSR count). The van der Waals surface area contributed by atoms with E-state index in [0.29, 0.717) is 0 Å². The highest BCUT2D eigenvalue weighted by Crippen LogP contribution is 2.64. The van der Waals surface area contributed by atoms with E-state index >= 15 is 0 Å². The molecule has 0 bridgehead atoms. The molecule has 1 spiro atoms. The predicted molar refractivity (Wildman–Crippen MR) is 213 cm³/mol. The minimum Gasteiger partial charge on any atom is -0.456 e. The van der Waals surface area contributed by atoms with Crippen LogP contribution in [0, 0.1) is 6.92 Å². The number of fused-ring (bicyclic) bond motifs is 16. The zero-order chi connectivity index (χ0) is 34.1. The van der Waals surface area contributed by atoms with Crippen molar-refractivity contribution in [1.82, 2.24) is 0 Å². The van der Waals surface area contributed by atoms with Crippen LogP contribution >= 0.6 is 0 Å². The van der Waals surface area contributed by atoms with Crippen molar-refractivity contribution >= 4 is 43.9 Å². The Kier molecular flexibility index (Phi) is 5.40. The molecule has 0 atom stereocenters. The standard InChI is InChI=1S/C50H30O2/c1-29-11-8-21-45-47(29)37-27-31(24-25-43(37)51-45)33-16-10-22-46-49(33)38-28-30(23-26-44(38)52-46)32-15-9-20-42-48(32)36-14-4-7-19-41(36)50(42)39-17-5-2-12-34(39)35-13-3-6-18-40(35)50/h2-28H,1H3. The molecule has 2 heterocycles. The van der Waals surface area contributed by atoms with Gasteiger partial charge in [0.15, 0.2) is 0 Å². The Labute approximate surface area is 300 Å². The van der Waals surface area contributed by atoms with Gasteiger partial charge in [-0.3, -0.25) is 0 Å². The molecule has 2 heteroatoms. The first-order chi connectivity index (χ1) is 25.7. The highest BCUT2D eigenvalue weighted by atomic mass is 16.3. The minimum atomic E-state index is -0.372. The van der Waals surface area contributed by atoms with Crippen molar-refractivity contribution in [3.05, 3.63) is 192 Å². The Bertz CT molecular complexity index is 3110. The average Bonchev–Trinajstić information content (AvgIpc) is 3.93. The summed E-state index contributed by atoms with van der Waals surface area (Å²) in [6.07, 6.45) is 0. The zero-order valence-electron chi connectivity index (χ0n) is 28.4. The fourth-order valence-corrected chi connectivity index (χ4v) is 9.79. The van der Waals surface area contributed by atoms with Gasteiger partial charge in [0.2, 0.25) is 0 Å². The van der Waals surface area contributed by atoms with Crippen molar-refractivity contribution in [2.24, 2.45) is 0 Å². The van der Waals surface area contributed by atoms with Crippen LogP contribution in [0.1, 0.15) is 27.8 Å². The molecule has 52 heavy (non-hydrogen) atoms. The van der Waals surface area contributed by atoms with E-state index in [0.717, 1.165) is 49.6 Å². The summed E-state index contributed by atoms with van der Waals surface area (Å²) in [5.74, 6) is 0. The summed E-state index contributed by atoms with van der Waals surface area (Å²) in [6.45, 7) is 2.15. The maximum Gasteiger partial charge on any atom is 0.136 e. The van der Waals surface area contributed by atoms with Gasteiger partial charge in [0.1, 0.15) is 22.3 Å². The zero-order valence-corrected chi connectivity index (χ0v) is 28.4. The lowest BCUT2D eigenvalue weighted by Crippen LogP contribution is -2.25. The molecule has 242 valence electrons. The smallest absolute Gasteiger partial charge is 0.136 e. The van der Waals surface area contributed by atoms with Gasteiger partial charge in [-0.1, -0.05) is 127 Å². The number of hydrogen-bond donors (Lipinski definition) is 0. The fraction of sp³-hybridized carbons (Fsp3) is 0.0400. The maximum atomic E-state index is 6.55. The quantitative estimate of drug-likeness (QED) is 0.184.